The molecule has 0 amide bonds. The maximum atomic E-state index is 5.84. The quantitative estimate of drug-likeness (QED) is 0.568. The van der Waals surface area contributed by atoms with Gasteiger partial charge in [0.2, 0.25) is 0 Å². The fraction of sp³-hybridized carbons (Fsp3) is 1.00. The molecule has 0 radical (unpaired) electrons. The molecule has 1 fully saturated rings. The van der Waals surface area contributed by atoms with Crippen LogP contribution in [0.1, 0.15) is 33.1 Å². The second-order valence-corrected chi connectivity index (χ2v) is 3.38. The van der Waals surface area contributed by atoms with Gasteiger partial charge < -0.3 is 4.74 Å². The monoisotopic (exact) mass is 162 g/mol. The maximum Gasteiger partial charge on any atom is 0.131 e. The van der Waals surface area contributed by atoms with E-state index in [1.807, 2.05) is 0 Å². The molecule has 1 heterocycles. The lowest BCUT2D eigenvalue weighted by atomic mass is 9.97. The predicted octanol–water partition coefficient (Wildman–Crippen LogP) is 2.78. The molecule has 2 heteroatoms. The number of ether oxygens (including phenoxy) is 1. The topological polar surface area (TPSA) is 9.23 Å². The van der Waals surface area contributed by atoms with Crippen molar-refractivity contribution in [3.63, 3.8) is 0 Å². The molecule has 0 aromatic carbocycles. The Hall–Kier alpha value is 0.250. The van der Waals surface area contributed by atoms with E-state index in [9.17, 15) is 0 Å². The van der Waals surface area contributed by atoms with Gasteiger partial charge in [-0.2, -0.15) is 0 Å². The van der Waals surface area contributed by atoms with Gasteiger partial charge in [0.1, 0.15) is 5.56 Å². The first-order valence-electron chi connectivity index (χ1n) is 4.07. The van der Waals surface area contributed by atoms with E-state index in [1.165, 1.54) is 6.42 Å². The van der Waals surface area contributed by atoms with E-state index in [0.717, 1.165) is 12.8 Å². The lowest BCUT2D eigenvalue weighted by Gasteiger charge is -2.13. The molecule has 0 aromatic heterocycles. The van der Waals surface area contributed by atoms with Crippen LogP contribution in [-0.4, -0.2) is 11.7 Å². The van der Waals surface area contributed by atoms with Crippen molar-refractivity contribution in [3.05, 3.63) is 0 Å². The molecule has 0 N–H and O–H groups in total. The lowest BCUT2D eigenvalue weighted by molar-refractivity contribution is 0.0685. The minimum atomic E-state index is -0.0186. The molecule has 60 valence electrons. The first-order valence-corrected chi connectivity index (χ1v) is 4.51. The van der Waals surface area contributed by atoms with Crippen LogP contribution in [0.25, 0.3) is 0 Å². The Balaban J connectivity index is 2.41. The fourth-order valence-electron chi connectivity index (χ4n) is 1.61. The van der Waals surface area contributed by atoms with Crippen molar-refractivity contribution in [3.8, 4) is 0 Å². The van der Waals surface area contributed by atoms with E-state index in [-0.39, 0.29) is 5.56 Å². The summed E-state index contributed by atoms with van der Waals surface area (Å²) in [7, 11) is 0. The molecule has 0 bridgehead atoms. The molecule has 1 rings (SSSR count). The third-order valence-corrected chi connectivity index (χ3v) is 2.54. The standard InChI is InChI=1S/C8H15ClO/c1-3-6-5-8(9)10-7(6)4-2/h6-8H,3-5H2,1-2H3. The average molecular weight is 163 g/mol. The Bertz CT molecular complexity index is 93.4. The summed E-state index contributed by atoms with van der Waals surface area (Å²) in [5.41, 5.74) is -0.0186. The fourth-order valence-corrected chi connectivity index (χ4v) is 1.97. The van der Waals surface area contributed by atoms with E-state index in [4.69, 9.17) is 16.3 Å². The van der Waals surface area contributed by atoms with Crippen molar-refractivity contribution < 1.29 is 4.74 Å². The molecule has 0 saturated carbocycles. The summed E-state index contributed by atoms with van der Waals surface area (Å²) in [6.07, 6.45) is 3.76. The highest BCUT2D eigenvalue weighted by Gasteiger charge is 2.31. The minimum Gasteiger partial charge on any atom is -0.359 e. The molecular weight excluding hydrogens is 148 g/mol. The van der Waals surface area contributed by atoms with Gasteiger partial charge in [-0.3, -0.25) is 0 Å². The molecule has 10 heavy (non-hydrogen) atoms. The molecule has 0 aromatic rings. The second-order valence-electron chi connectivity index (χ2n) is 2.90. The van der Waals surface area contributed by atoms with Crippen LogP contribution < -0.4 is 0 Å². The van der Waals surface area contributed by atoms with Crippen LogP contribution in [0.3, 0.4) is 0 Å². The van der Waals surface area contributed by atoms with E-state index >= 15 is 0 Å². The summed E-state index contributed by atoms with van der Waals surface area (Å²) in [6, 6.07) is 0. The van der Waals surface area contributed by atoms with Crippen LogP contribution in [0.4, 0.5) is 0 Å². The summed E-state index contributed by atoms with van der Waals surface area (Å²) in [6.45, 7) is 4.36. The third kappa shape index (κ3) is 1.64. The van der Waals surface area contributed by atoms with Crippen LogP contribution in [0.2, 0.25) is 0 Å². The Kier molecular flexibility index (Phi) is 2.99. The Labute approximate surface area is 67.7 Å². The van der Waals surface area contributed by atoms with Gasteiger partial charge in [0.15, 0.2) is 0 Å². The van der Waals surface area contributed by atoms with Crippen molar-refractivity contribution in [1.29, 1.82) is 0 Å². The SMILES string of the molecule is CCC1CC(Cl)OC1CC. The molecule has 0 aliphatic carbocycles. The number of alkyl halides is 1. The normalized spacial score (nSPS) is 40.5. The van der Waals surface area contributed by atoms with E-state index in [1.54, 1.807) is 0 Å². The molecule has 1 saturated heterocycles. The van der Waals surface area contributed by atoms with E-state index in [2.05, 4.69) is 13.8 Å². The predicted molar refractivity (Wildman–Crippen MR) is 43.2 cm³/mol. The zero-order valence-corrected chi connectivity index (χ0v) is 7.40. The smallest absolute Gasteiger partial charge is 0.131 e. The summed E-state index contributed by atoms with van der Waals surface area (Å²) in [5.74, 6) is 0.701. The third-order valence-electron chi connectivity index (χ3n) is 2.26. The molecule has 3 atom stereocenters. The zero-order valence-electron chi connectivity index (χ0n) is 6.64. The largest absolute Gasteiger partial charge is 0.359 e. The minimum absolute atomic E-state index is 0.0186. The van der Waals surface area contributed by atoms with Gasteiger partial charge in [0, 0.05) is 0 Å². The summed E-state index contributed by atoms with van der Waals surface area (Å²) < 4.78 is 5.48. The van der Waals surface area contributed by atoms with Crippen molar-refractivity contribution in [2.75, 3.05) is 0 Å². The number of halogens is 1. The van der Waals surface area contributed by atoms with Crippen LogP contribution in [-0.2, 0) is 4.74 Å². The van der Waals surface area contributed by atoms with Crippen molar-refractivity contribution in [2.24, 2.45) is 5.92 Å². The molecule has 1 aliphatic heterocycles. The summed E-state index contributed by atoms with van der Waals surface area (Å²) in [5, 5.41) is 0. The van der Waals surface area contributed by atoms with Gasteiger partial charge in [-0.05, 0) is 18.8 Å². The van der Waals surface area contributed by atoms with Gasteiger partial charge in [-0.1, -0.05) is 31.9 Å². The highest BCUT2D eigenvalue weighted by molar-refractivity contribution is 6.19. The summed E-state index contributed by atoms with van der Waals surface area (Å²) >= 11 is 5.84. The van der Waals surface area contributed by atoms with Gasteiger partial charge >= 0.3 is 0 Å². The van der Waals surface area contributed by atoms with Crippen LogP contribution in [0, 0.1) is 5.92 Å². The molecule has 0 spiro atoms. The van der Waals surface area contributed by atoms with E-state index in [0.29, 0.717) is 12.0 Å². The van der Waals surface area contributed by atoms with Crippen LogP contribution >= 0.6 is 11.6 Å². The molecule has 3 unspecified atom stereocenters. The molecule has 1 nitrogen and oxygen atoms in total. The Morgan fingerprint density at radius 3 is 2.50 bits per heavy atom. The van der Waals surface area contributed by atoms with Crippen molar-refractivity contribution in [1.82, 2.24) is 0 Å². The van der Waals surface area contributed by atoms with Gasteiger partial charge in [0.25, 0.3) is 0 Å². The lowest BCUT2D eigenvalue weighted by Crippen LogP contribution is -2.13. The number of rotatable bonds is 2. The Morgan fingerprint density at radius 1 is 1.40 bits per heavy atom. The van der Waals surface area contributed by atoms with Crippen LogP contribution in [0.5, 0.6) is 0 Å². The van der Waals surface area contributed by atoms with Gasteiger partial charge in [-0.15, -0.1) is 0 Å². The zero-order chi connectivity index (χ0) is 7.56. The maximum absolute atomic E-state index is 5.84. The van der Waals surface area contributed by atoms with Crippen molar-refractivity contribution in [2.45, 2.75) is 44.8 Å². The number of hydrogen-bond donors (Lipinski definition) is 0. The first-order chi connectivity index (χ1) is 4.77. The van der Waals surface area contributed by atoms with Crippen molar-refractivity contribution >= 4 is 11.6 Å². The molecule has 1 aliphatic rings. The van der Waals surface area contributed by atoms with E-state index < -0.39 is 0 Å². The van der Waals surface area contributed by atoms with Crippen LogP contribution in [0.15, 0.2) is 0 Å². The number of hydrogen-bond acceptors (Lipinski definition) is 1. The first kappa shape index (κ1) is 8.35. The van der Waals surface area contributed by atoms with Gasteiger partial charge in [-0.25, -0.2) is 0 Å². The molecular formula is C8H15ClO. The average Bonchev–Trinajstić information content (AvgIpc) is 2.30. The highest BCUT2D eigenvalue weighted by atomic mass is 35.5. The van der Waals surface area contributed by atoms with Gasteiger partial charge in [0.05, 0.1) is 6.10 Å². The summed E-state index contributed by atoms with van der Waals surface area (Å²) in [4.78, 5) is 0. The second kappa shape index (κ2) is 3.59. The Morgan fingerprint density at radius 2 is 2.10 bits per heavy atom. The highest BCUT2D eigenvalue weighted by Crippen LogP contribution is 2.32.